The van der Waals surface area contributed by atoms with E-state index < -0.39 is 0 Å². The molecule has 2 nitrogen and oxygen atoms in total. The molecule has 0 aliphatic heterocycles. The molecule has 0 saturated heterocycles. The summed E-state index contributed by atoms with van der Waals surface area (Å²) in [5, 5.41) is 0. The van der Waals surface area contributed by atoms with E-state index in [1.807, 2.05) is 0 Å². The molecule has 1 aliphatic carbocycles. The molecule has 1 aromatic rings. The Hall–Kier alpha value is -0.860. The van der Waals surface area contributed by atoms with Crippen molar-refractivity contribution in [3.63, 3.8) is 0 Å². The van der Waals surface area contributed by atoms with Crippen molar-refractivity contribution in [2.75, 3.05) is 13.6 Å². The van der Waals surface area contributed by atoms with Gasteiger partial charge in [-0.15, -0.1) is 0 Å². The average Bonchev–Trinajstić information content (AvgIpc) is 2.53. The maximum atomic E-state index is 6.17. The lowest BCUT2D eigenvalue weighted by Crippen LogP contribution is -2.55. The van der Waals surface area contributed by atoms with Crippen LogP contribution in [0, 0.1) is 5.92 Å². The van der Waals surface area contributed by atoms with E-state index in [0.29, 0.717) is 6.04 Å². The molecule has 1 saturated carbocycles. The van der Waals surface area contributed by atoms with Crippen LogP contribution >= 0.6 is 0 Å². The summed E-state index contributed by atoms with van der Waals surface area (Å²) < 4.78 is 0. The van der Waals surface area contributed by atoms with Crippen LogP contribution in [0.5, 0.6) is 0 Å². The monoisotopic (exact) mass is 288 g/mol. The highest BCUT2D eigenvalue weighted by Gasteiger charge is 2.34. The second-order valence-corrected chi connectivity index (χ2v) is 7.22. The van der Waals surface area contributed by atoms with Crippen LogP contribution in [0.1, 0.15) is 51.5 Å². The number of benzene rings is 1. The Morgan fingerprint density at radius 1 is 1.24 bits per heavy atom. The fourth-order valence-corrected chi connectivity index (χ4v) is 3.68. The van der Waals surface area contributed by atoms with Gasteiger partial charge in [0, 0.05) is 18.1 Å². The van der Waals surface area contributed by atoms with Crippen molar-refractivity contribution in [3.8, 4) is 0 Å². The van der Waals surface area contributed by atoms with Crippen molar-refractivity contribution in [1.29, 1.82) is 0 Å². The van der Waals surface area contributed by atoms with Gasteiger partial charge in [0.05, 0.1) is 0 Å². The molecule has 0 amide bonds. The summed E-state index contributed by atoms with van der Waals surface area (Å²) >= 11 is 0. The van der Waals surface area contributed by atoms with Crippen LogP contribution in [0.3, 0.4) is 0 Å². The summed E-state index contributed by atoms with van der Waals surface area (Å²) in [5.74, 6) is 0.863. The Labute approximate surface area is 130 Å². The number of hydrogen-bond donors (Lipinski definition) is 1. The van der Waals surface area contributed by atoms with Crippen molar-refractivity contribution in [2.45, 2.75) is 64.0 Å². The summed E-state index contributed by atoms with van der Waals surface area (Å²) in [6, 6.07) is 11.5. The van der Waals surface area contributed by atoms with Gasteiger partial charge >= 0.3 is 0 Å². The van der Waals surface area contributed by atoms with Gasteiger partial charge in [0.2, 0.25) is 0 Å². The minimum absolute atomic E-state index is 0.109. The zero-order chi connectivity index (χ0) is 15.3. The first kappa shape index (κ1) is 16.5. The number of nitrogens with two attached hydrogens (primary N) is 1. The van der Waals surface area contributed by atoms with Crippen LogP contribution in [-0.2, 0) is 6.42 Å². The predicted molar refractivity (Wildman–Crippen MR) is 91.4 cm³/mol. The molecule has 2 N–H and O–H groups in total. The van der Waals surface area contributed by atoms with Gasteiger partial charge < -0.3 is 5.73 Å². The summed E-state index contributed by atoms with van der Waals surface area (Å²) in [6.07, 6.45) is 7.68. The zero-order valence-electron chi connectivity index (χ0n) is 14.0. The third-order valence-corrected chi connectivity index (χ3v) is 5.54. The van der Waals surface area contributed by atoms with E-state index in [-0.39, 0.29) is 5.54 Å². The third-order valence-electron chi connectivity index (χ3n) is 5.54. The zero-order valence-corrected chi connectivity index (χ0v) is 14.0. The second kappa shape index (κ2) is 7.42. The van der Waals surface area contributed by atoms with Crippen LogP contribution in [0.4, 0.5) is 0 Å². The third kappa shape index (κ3) is 4.31. The van der Waals surface area contributed by atoms with Crippen LogP contribution in [0.15, 0.2) is 30.3 Å². The van der Waals surface area contributed by atoms with E-state index in [1.54, 1.807) is 0 Å². The molecule has 21 heavy (non-hydrogen) atoms. The SMILES string of the molecule is CC1CCCC(N(C)C(C)(CN)CCc2ccccc2)C1. The molecular formula is C19H32N2. The quantitative estimate of drug-likeness (QED) is 0.861. The van der Waals surface area contributed by atoms with E-state index in [4.69, 9.17) is 5.73 Å². The molecule has 3 unspecified atom stereocenters. The first-order valence-electron chi connectivity index (χ1n) is 8.52. The Kier molecular flexibility index (Phi) is 5.83. The van der Waals surface area contributed by atoms with E-state index >= 15 is 0 Å². The average molecular weight is 288 g/mol. The largest absolute Gasteiger partial charge is 0.329 e. The van der Waals surface area contributed by atoms with Gasteiger partial charge in [-0.25, -0.2) is 0 Å². The topological polar surface area (TPSA) is 29.3 Å². The van der Waals surface area contributed by atoms with Crippen molar-refractivity contribution >= 4 is 0 Å². The number of nitrogens with zero attached hydrogens (tertiary/aromatic N) is 1. The normalized spacial score (nSPS) is 25.8. The van der Waals surface area contributed by atoms with Gasteiger partial charge in [0.15, 0.2) is 0 Å². The molecule has 0 bridgehead atoms. The molecule has 2 rings (SSSR count). The Bertz CT molecular complexity index is 417. The molecule has 118 valence electrons. The van der Waals surface area contributed by atoms with Gasteiger partial charge in [-0.05, 0) is 51.1 Å². The first-order valence-corrected chi connectivity index (χ1v) is 8.52. The lowest BCUT2D eigenvalue weighted by molar-refractivity contribution is 0.0531. The van der Waals surface area contributed by atoms with Crippen LogP contribution in [0.2, 0.25) is 0 Å². The van der Waals surface area contributed by atoms with Crippen LogP contribution in [0.25, 0.3) is 0 Å². The molecule has 0 aromatic heterocycles. The second-order valence-electron chi connectivity index (χ2n) is 7.22. The number of hydrogen-bond acceptors (Lipinski definition) is 2. The Morgan fingerprint density at radius 3 is 2.57 bits per heavy atom. The highest BCUT2D eigenvalue weighted by molar-refractivity contribution is 5.15. The fourth-order valence-electron chi connectivity index (χ4n) is 3.68. The van der Waals surface area contributed by atoms with Gasteiger partial charge in [-0.3, -0.25) is 4.90 Å². The van der Waals surface area contributed by atoms with Crippen molar-refractivity contribution in [2.24, 2.45) is 11.7 Å². The van der Waals surface area contributed by atoms with Crippen molar-refractivity contribution < 1.29 is 0 Å². The lowest BCUT2D eigenvalue weighted by Gasteiger charge is -2.45. The van der Waals surface area contributed by atoms with Crippen molar-refractivity contribution in [1.82, 2.24) is 4.90 Å². The molecule has 0 heterocycles. The Balaban J connectivity index is 1.98. The summed E-state index contributed by atoms with van der Waals surface area (Å²) in [5.41, 5.74) is 7.70. The maximum absolute atomic E-state index is 6.17. The standard InChI is InChI=1S/C19H32N2/c1-16-8-7-11-18(14-16)21(3)19(2,15-20)13-12-17-9-5-4-6-10-17/h4-6,9-10,16,18H,7-8,11-15,20H2,1-3H3. The molecular weight excluding hydrogens is 256 g/mol. The maximum Gasteiger partial charge on any atom is 0.0306 e. The van der Waals surface area contributed by atoms with E-state index in [2.05, 4.69) is 56.1 Å². The van der Waals surface area contributed by atoms with Crippen LogP contribution < -0.4 is 5.73 Å². The van der Waals surface area contributed by atoms with E-state index in [0.717, 1.165) is 25.3 Å². The summed E-state index contributed by atoms with van der Waals surface area (Å²) in [6.45, 7) is 5.47. The molecule has 0 spiro atoms. The molecule has 2 heteroatoms. The minimum atomic E-state index is 0.109. The molecule has 1 aliphatic rings. The number of rotatable bonds is 6. The van der Waals surface area contributed by atoms with Gasteiger partial charge in [0.1, 0.15) is 0 Å². The smallest absolute Gasteiger partial charge is 0.0306 e. The molecule has 1 aromatic carbocycles. The molecule has 1 fully saturated rings. The van der Waals surface area contributed by atoms with E-state index in [9.17, 15) is 0 Å². The minimum Gasteiger partial charge on any atom is -0.329 e. The van der Waals surface area contributed by atoms with E-state index in [1.165, 1.54) is 31.2 Å². The first-order chi connectivity index (χ1) is 10.0. The highest BCUT2D eigenvalue weighted by Crippen LogP contribution is 2.31. The Morgan fingerprint density at radius 2 is 1.95 bits per heavy atom. The van der Waals surface area contributed by atoms with Crippen molar-refractivity contribution in [3.05, 3.63) is 35.9 Å². The van der Waals surface area contributed by atoms with Gasteiger partial charge in [0.25, 0.3) is 0 Å². The van der Waals surface area contributed by atoms with Gasteiger partial charge in [-0.2, -0.15) is 0 Å². The molecule has 3 atom stereocenters. The number of likely N-dealkylation sites (N-methyl/N-ethyl adjacent to an activating group) is 1. The summed E-state index contributed by atoms with van der Waals surface area (Å²) in [4.78, 5) is 2.59. The van der Waals surface area contributed by atoms with Gasteiger partial charge in [-0.1, -0.05) is 50.1 Å². The lowest BCUT2D eigenvalue weighted by atomic mass is 9.82. The molecule has 0 radical (unpaired) electrons. The van der Waals surface area contributed by atoms with Crippen LogP contribution in [-0.4, -0.2) is 30.1 Å². The predicted octanol–water partition coefficient (Wildman–Crippen LogP) is 3.85. The highest BCUT2D eigenvalue weighted by atomic mass is 15.2. The fraction of sp³-hybridized carbons (Fsp3) is 0.684. The number of aryl methyl sites for hydroxylation is 1. The summed E-state index contributed by atoms with van der Waals surface area (Å²) in [7, 11) is 2.29.